The highest BCUT2D eigenvalue weighted by molar-refractivity contribution is 5.36. The summed E-state index contributed by atoms with van der Waals surface area (Å²) in [4.78, 5) is 4.11. The minimum Gasteiger partial charge on any atom is -0.384 e. The van der Waals surface area contributed by atoms with Gasteiger partial charge in [-0.3, -0.25) is 0 Å². The van der Waals surface area contributed by atoms with E-state index in [0.29, 0.717) is 6.04 Å². The molecule has 16 heavy (non-hydrogen) atoms. The first-order valence-corrected chi connectivity index (χ1v) is 5.71. The highest BCUT2D eigenvalue weighted by Gasteiger charge is 2.21. The third-order valence-electron chi connectivity index (χ3n) is 3.37. The Hall–Kier alpha value is -1.77. The SMILES string of the molecule is Nc1cncn1C1CCCc2ccccc21. The van der Waals surface area contributed by atoms with Crippen molar-refractivity contribution in [3.63, 3.8) is 0 Å². The maximum atomic E-state index is 5.93. The van der Waals surface area contributed by atoms with E-state index in [9.17, 15) is 0 Å². The molecule has 0 radical (unpaired) electrons. The Balaban J connectivity index is 2.08. The topological polar surface area (TPSA) is 43.8 Å². The molecular weight excluding hydrogens is 198 g/mol. The summed E-state index contributed by atoms with van der Waals surface area (Å²) < 4.78 is 2.08. The number of imidazole rings is 1. The van der Waals surface area contributed by atoms with Gasteiger partial charge in [-0.25, -0.2) is 4.98 Å². The van der Waals surface area contributed by atoms with Gasteiger partial charge in [0.1, 0.15) is 5.82 Å². The van der Waals surface area contributed by atoms with Gasteiger partial charge in [0, 0.05) is 0 Å². The van der Waals surface area contributed by atoms with Crippen LogP contribution in [0.4, 0.5) is 5.82 Å². The number of nitrogens with zero attached hydrogens (tertiary/aromatic N) is 2. The first kappa shape index (κ1) is 9.46. The van der Waals surface area contributed by atoms with Crippen molar-refractivity contribution in [1.82, 2.24) is 9.55 Å². The standard InChI is InChI=1S/C13H15N3/c14-13-8-15-9-16(13)12-7-3-5-10-4-1-2-6-11(10)12/h1-2,4,6,8-9,12H,3,5,7,14H2. The molecular formula is C13H15N3. The zero-order valence-corrected chi connectivity index (χ0v) is 9.13. The van der Waals surface area contributed by atoms with Crippen molar-refractivity contribution in [2.45, 2.75) is 25.3 Å². The number of aromatic nitrogens is 2. The monoisotopic (exact) mass is 213 g/mol. The van der Waals surface area contributed by atoms with Crippen molar-refractivity contribution in [3.05, 3.63) is 47.9 Å². The van der Waals surface area contributed by atoms with Gasteiger partial charge in [0.25, 0.3) is 0 Å². The van der Waals surface area contributed by atoms with Gasteiger partial charge in [-0.1, -0.05) is 24.3 Å². The van der Waals surface area contributed by atoms with Crippen molar-refractivity contribution in [1.29, 1.82) is 0 Å². The van der Waals surface area contributed by atoms with Crippen LogP contribution in [0.15, 0.2) is 36.8 Å². The molecule has 1 aliphatic rings. The van der Waals surface area contributed by atoms with Gasteiger partial charge in [0.15, 0.2) is 0 Å². The van der Waals surface area contributed by atoms with Gasteiger partial charge in [-0.15, -0.1) is 0 Å². The lowest BCUT2D eigenvalue weighted by atomic mass is 9.87. The molecule has 2 aromatic rings. The van der Waals surface area contributed by atoms with Crippen LogP contribution in [0.25, 0.3) is 0 Å². The molecule has 3 heteroatoms. The van der Waals surface area contributed by atoms with Gasteiger partial charge < -0.3 is 10.3 Å². The molecule has 1 aliphatic carbocycles. The number of hydrogen-bond donors (Lipinski definition) is 1. The Morgan fingerprint density at radius 3 is 3.00 bits per heavy atom. The highest BCUT2D eigenvalue weighted by Crippen LogP contribution is 2.33. The largest absolute Gasteiger partial charge is 0.384 e. The lowest BCUT2D eigenvalue weighted by Gasteiger charge is -2.27. The fraction of sp³-hybridized carbons (Fsp3) is 0.308. The molecule has 0 saturated carbocycles. The molecule has 82 valence electrons. The maximum absolute atomic E-state index is 5.93. The summed E-state index contributed by atoms with van der Waals surface area (Å²) in [6.45, 7) is 0. The highest BCUT2D eigenvalue weighted by atomic mass is 15.1. The minimum absolute atomic E-state index is 0.368. The van der Waals surface area contributed by atoms with Crippen molar-refractivity contribution < 1.29 is 0 Å². The summed E-state index contributed by atoms with van der Waals surface area (Å²) >= 11 is 0. The molecule has 3 rings (SSSR count). The quantitative estimate of drug-likeness (QED) is 0.790. The molecule has 0 saturated heterocycles. The van der Waals surface area contributed by atoms with E-state index >= 15 is 0 Å². The molecule has 1 aromatic carbocycles. The Bertz CT molecular complexity index is 501. The van der Waals surface area contributed by atoms with E-state index in [2.05, 4.69) is 33.8 Å². The maximum Gasteiger partial charge on any atom is 0.123 e. The van der Waals surface area contributed by atoms with Crippen molar-refractivity contribution in [3.8, 4) is 0 Å². The third kappa shape index (κ3) is 1.40. The summed E-state index contributed by atoms with van der Waals surface area (Å²) in [5, 5.41) is 0. The summed E-state index contributed by atoms with van der Waals surface area (Å²) in [6, 6.07) is 9.00. The number of aryl methyl sites for hydroxylation is 1. The second kappa shape index (κ2) is 3.67. The smallest absolute Gasteiger partial charge is 0.123 e. The predicted octanol–water partition coefficient (Wildman–Crippen LogP) is 2.39. The van der Waals surface area contributed by atoms with Crippen LogP contribution in [0, 0.1) is 0 Å². The molecule has 3 nitrogen and oxygen atoms in total. The van der Waals surface area contributed by atoms with E-state index in [1.165, 1.54) is 24.0 Å². The zero-order chi connectivity index (χ0) is 11.0. The Labute approximate surface area is 94.9 Å². The molecule has 0 bridgehead atoms. The van der Waals surface area contributed by atoms with Crippen LogP contribution in [0.5, 0.6) is 0 Å². The van der Waals surface area contributed by atoms with Crippen LogP contribution in [-0.4, -0.2) is 9.55 Å². The second-order valence-electron chi connectivity index (χ2n) is 4.33. The average Bonchev–Trinajstić information content (AvgIpc) is 2.75. The number of nitrogens with two attached hydrogens (primary N) is 1. The Kier molecular flexibility index (Phi) is 2.17. The average molecular weight is 213 g/mol. The lowest BCUT2D eigenvalue weighted by Crippen LogP contribution is -2.17. The fourth-order valence-corrected chi connectivity index (χ4v) is 2.59. The van der Waals surface area contributed by atoms with Crippen LogP contribution >= 0.6 is 0 Å². The van der Waals surface area contributed by atoms with Crippen molar-refractivity contribution >= 4 is 5.82 Å². The first-order valence-electron chi connectivity index (χ1n) is 5.71. The van der Waals surface area contributed by atoms with E-state index < -0.39 is 0 Å². The van der Waals surface area contributed by atoms with Gasteiger partial charge in [0.05, 0.1) is 18.6 Å². The molecule has 1 heterocycles. The Morgan fingerprint density at radius 1 is 1.31 bits per heavy atom. The predicted molar refractivity (Wildman–Crippen MR) is 64.2 cm³/mol. The van der Waals surface area contributed by atoms with Crippen LogP contribution < -0.4 is 5.73 Å². The number of rotatable bonds is 1. The normalized spacial score (nSPS) is 19.4. The number of nitrogen functional groups attached to an aromatic ring is 1. The first-order chi connectivity index (χ1) is 7.86. The van der Waals surface area contributed by atoms with Gasteiger partial charge in [-0.2, -0.15) is 0 Å². The molecule has 0 fully saturated rings. The summed E-state index contributed by atoms with van der Waals surface area (Å²) in [7, 11) is 0. The number of hydrogen-bond acceptors (Lipinski definition) is 2. The molecule has 1 unspecified atom stereocenters. The number of fused-ring (bicyclic) bond motifs is 1. The van der Waals surface area contributed by atoms with Crippen molar-refractivity contribution in [2.75, 3.05) is 5.73 Å². The summed E-state index contributed by atoms with van der Waals surface area (Å²) in [5.41, 5.74) is 8.78. The van der Waals surface area contributed by atoms with E-state index in [1.54, 1.807) is 6.20 Å². The van der Waals surface area contributed by atoms with E-state index in [-0.39, 0.29) is 0 Å². The second-order valence-corrected chi connectivity index (χ2v) is 4.33. The van der Waals surface area contributed by atoms with Crippen LogP contribution in [0.2, 0.25) is 0 Å². The van der Waals surface area contributed by atoms with Crippen LogP contribution in [0.3, 0.4) is 0 Å². The zero-order valence-electron chi connectivity index (χ0n) is 9.13. The van der Waals surface area contributed by atoms with E-state index in [0.717, 1.165) is 12.2 Å². The van der Waals surface area contributed by atoms with Gasteiger partial charge in [-0.05, 0) is 30.4 Å². The third-order valence-corrected chi connectivity index (χ3v) is 3.37. The molecule has 0 spiro atoms. The molecule has 2 N–H and O–H groups in total. The molecule has 0 amide bonds. The van der Waals surface area contributed by atoms with Crippen LogP contribution in [-0.2, 0) is 6.42 Å². The number of benzene rings is 1. The van der Waals surface area contributed by atoms with Gasteiger partial charge >= 0.3 is 0 Å². The van der Waals surface area contributed by atoms with Crippen LogP contribution in [0.1, 0.15) is 30.0 Å². The lowest BCUT2D eigenvalue weighted by molar-refractivity contribution is 0.494. The summed E-state index contributed by atoms with van der Waals surface area (Å²) in [6.07, 6.45) is 7.11. The molecule has 0 aliphatic heterocycles. The minimum atomic E-state index is 0.368. The molecule has 1 atom stereocenters. The van der Waals surface area contributed by atoms with E-state index in [4.69, 9.17) is 5.73 Å². The molecule has 1 aromatic heterocycles. The summed E-state index contributed by atoms with van der Waals surface area (Å²) in [5.74, 6) is 0.752. The Morgan fingerprint density at radius 2 is 2.19 bits per heavy atom. The van der Waals surface area contributed by atoms with Crippen molar-refractivity contribution in [2.24, 2.45) is 0 Å². The van der Waals surface area contributed by atoms with Gasteiger partial charge in [0.2, 0.25) is 0 Å². The number of anilines is 1. The van der Waals surface area contributed by atoms with E-state index in [1.807, 2.05) is 6.33 Å². The fourth-order valence-electron chi connectivity index (χ4n) is 2.59.